The minimum Gasteiger partial charge on any atom is -0.342 e. The Morgan fingerprint density at radius 3 is 2.78 bits per heavy atom. The molecule has 1 aliphatic carbocycles. The molecule has 1 aromatic heterocycles. The molecule has 1 amide bonds. The number of nitrogens with zero attached hydrogens (tertiary/aromatic N) is 3. The van der Waals surface area contributed by atoms with Crippen LogP contribution in [0, 0.1) is 11.8 Å². The third-order valence-corrected chi connectivity index (χ3v) is 5.01. The highest BCUT2D eigenvalue weighted by Crippen LogP contribution is 2.31. The van der Waals surface area contributed by atoms with E-state index in [1.807, 2.05) is 35.2 Å². The van der Waals surface area contributed by atoms with E-state index < -0.39 is 0 Å². The maximum absolute atomic E-state index is 12.3. The molecule has 2 aromatic rings. The molecule has 0 spiro atoms. The van der Waals surface area contributed by atoms with Gasteiger partial charge in [0.1, 0.15) is 0 Å². The van der Waals surface area contributed by atoms with Gasteiger partial charge in [0.25, 0.3) is 5.89 Å². The molecule has 2 heterocycles. The molecule has 1 aliphatic heterocycles. The fourth-order valence-corrected chi connectivity index (χ4v) is 3.41. The molecule has 1 saturated carbocycles. The van der Waals surface area contributed by atoms with Crippen molar-refractivity contribution in [1.29, 1.82) is 0 Å². The fraction of sp³-hybridized carbons (Fsp3) is 0.500. The van der Waals surface area contributed by atoms with Crippen LogP contribution in [0.3, 0.4) is 0 Å². The molecule has 0 N–H and O–H groups in total. The smallest absolute Gasteiger partial charge is 0.257 e. The molecule has 0 radical (unpaired) electrons. The molecular weight excluding hydrogens is 290 g/mol. The number of benzene rings is 1. The van der Waals surface area contributed by atoms with Gasteiger partial charge in [-0.05, 0) is 37.3 Å². The molecule has 2 aliphatic rings. The minimum absolute atomic E-state index is 0.295. The summed E-state index contributed by atoms with van der Waals surface area (Å²) in [4.78, 5) is 18.8. The fourth-order valence-electron chi connectivity index (χ4n) is 3.41. The Morgan fingerprint density at radius 2 is 2.04 bits per heavy atom. The van der Waals surface area contributed by atoms with Gasteiger partial charge in [-0.25, -0.2) is 0 Å². The molecule has 23 heavy (non-hydrogen) atoms. The van der Waals surface area contributed by atoms with Crippen molar-refractivity contribution in [3.8, 4) is 11.5 Å². The second kappa shape index (κ2) is 6.14. The Morgan fingerprint density at radius 1 is 1.22 bits per heavy atom. The Bertz CT molecular complexity index is 679. The number of likely N-dealkylation sites (tertiary alicyclic amines) is 1. The van der Waals surface area contributed by atoms with Gasteiger partial charge in [-0.2, -0.15) is 4.98 Å². The lowest BCUT2D eigenvalue weighted by atomic mass is 9.84. The molecule has 2 fully saturated rings. The number of carbonyl (C=O) groups excluding carboxylic acids is 1. The summed E-state index contributed by atoms with van der Waals surface area (Å²) in [5.41, 5.74) is 0.944. The molecule has 4 rings (SSSR count). The van der Waals surface area contributed by atoms with Gasteiger partial charge in [-0.15, -0.1) is 0 Å². The monoisotopic (exact) mass is 311 g/mol. The second-order valence-electron chi connectivity index (χ2n) is 6.65. The maximum Gasteiger partial charge on any atom is 0.257 e. The van der Waals surface area contributed by atoms with Crippen LogP contribution < -0.4 is 0 Å². The van der Waals surface area contributed by atoms with Gasteiger partial charge in [-0.3, -0.25) is 4.79 Å². The van der Waals surface area contributed by atoms with Gasteiger partial charge in [-0.1, -0.05) is 29.8 Å². The van der Waals surface area contributed by atoms with Gasteiger partial charge >= 0.3 is 0 Å². The van der Waals surface area contributed by atoms with Crippen LogP contribution in [0.2, 0.25) is 0 Å². The highest BCUT2D eigenvalue weighted by Gasteiger charge is 2.34. The first-order valence-corrected chi connectivity index (χ1v) is 8.46. The van der Waals surface area contributed by atoms with E-state index >= 15 is 0 Å². The highest BCUT2D eigenvalue weighted by atomic mass is 16.5. The van der Waals surface area contributed by atoms with E-state index in [-0.39, 0.29) is 0 Å². The van der Waals surface area contributed by atoms with Crippen molar-refractivity contribution in [2.45, 2.75) is 32.1 Å². The minimum atomic E-state index is 0.295. The number of rotatable bonds is 4. The van der Waals surface area contributed by atoms with Gasteiger partial charge < -0.3 is 9.42 Å². The van der Waals surface area contributed by atoms with Crippen LogP contribution >= 0.6 is 0 Å². The van der Waals surface area contributed by atoms with Crippen LogP contribution in [-0.2, 0) is 11.2 Å². The van der Waals surface area contributed by atoms with Crippen molar-refractivity contribution in [1.82, 2.24) is 15.0 Å². The summed E-state index contributed by atoms with van der Waals surface area (Å²) in [5, 5.41) is 4.10. The van der Waals surface area contributed by atoms with Crippen molar-refractivity contribution in [3.05, 3.63) is 36.2 Å². The summed E-state index contributed by atoms with van der Waals surface area (Å²) in [7, 11) is 0. The van der Waals surface area contributed by atoms with Crippen LogP contribution in [0.1, 0.15) is 31.5 Å². The average molecular weight is 311 g/mol. The zero-order valence-corrected chi connectivity index (χ0v) is 13.1. The van der Waals surface area contributed by atoms with E-state index in [4.69, 9.17) is 4.52 Å². The van der Waals surface area contributed by atoms with Crippen LogP contribution in [0.5, 0.6) is 0 Å². The quantitative estimate of drug-likeness (QED) is 0.871. The highest BCUT2D eigenvalue weighted by molar-refractivity contribution is 5.79. The molecule has 0 bridgehead atoms. The Hall–Kier alpha value is -2.17. The second-order valence-corrected chi connectivity index (χ2v) is 6.65. The Labute approximate surface area is 135 Å². The normalized spacial score (nSPS) is 21.4. The molecule has 1 aromatic carbocycles. The zero-order chi connectivity index (χ0) is 15.6. The maximum atomic E-state index is 12.3. The van der Waals surface area contributed by atoms with E-state index in [1.54, 1.807) is 0 Å². The summed E-state index contributed by atoms with van der Waals surface area (Å²) in [5.74, 6) is 2.41. The van der Waals surface area contributed by atoms with Crippen LogP contribution in [-0.4, -0.2) is 34.0 Å². The first-order chi connectivity index (χ1) is 11.3. The van der Waals surface area contributed by atoms with E-state index in [2.05, 4.69) is 10.1 Å². The first kappa shape index (κ1) is 14.4. The van der Waals surface area contributed by atoms with Crippen molar-refractivity contribution in [3.63, 3.8) is 0 Å². The summed E-state index contributed by atoms with van der Waals surface area (Å²) >= 11 is 0. The van der Waals surface area contributed by atoms with E-state index in [1.165, 1.54) is 6.42 Å². The number of hydrogen-bond donors (Lipinski definition) is 0. The SMILES string of the molecule is O=C(C1CCC1)N1CCC(Cc2noc(-c3ccccc3)n2)C1. The Kier molecular flexibility index (Phi) is 3.85. The first-order valence-electron chi connectivity index (χ1n) is 8.46. The third-order valence-electron chi connectivity index (χ3n) is 5.01. The molecule has 1 atom stereocenters. The summed E-state index contributed by atoms with van der Waals surface area (Å²) < 4.78 is 5.36. The summed E-state index contributed by atoms with van der Waals surface area (Å²) in [6, 6.07) is 9.81. The predicted octanol–water partition coefficient (Wildman–Crippen LogP) is 2.93. The molecule has 120 valence electrons. The largest absolute Gasteiger partial charge is 0.342 e. The van der Waals surface area contributed by atoms with Crippen molar-refractivity contribution in [2.24, 2.45) is 11.8 Å². The van der Waals surface area contributed by atoms with E-state index in [0.717, 1.165) is 50.2 Å². The lowest BCUT2D eigenvalue weighted by Crippen LogP contribution is -2.37. The van der Waals surface area contributed by atoms with E-state index in [9.17, 15) is 4.79 Å². The van der Waals surface area contributed by atoms with Gasteiger partial charge in [0.2, 0.25) is 5.91 Å². The summed E-state index contributed by atoms with van der Waals surface area (Å²) in [6.07, 6.45) is 5.17. The van der Waals surface area contributed by atoms with Crippen LogP contribution in [0.4, 0.5) is 0 Å². The topological polar surface area (TPSA) is 59.2 Å². The average Bonchev–Trinajstić information content (AvgIpc) is 3.16. The molecule has 1 saturated heterocycles. The lowest BCUT2D eigenvalue weighted by Gasteiger charge is -2.29. The lowest BCUT2D eigenvalue weighted by molar-refractivity contribution is -0.137. The summed E-state index contributed by atoms with van der Waals surface area (Å²) in [6.45, 7) is 1.72. The van der Waals surface area contributed by atoms with Crippen molar-refractivity contribution < 1.29 is 9.32 Å². The zero-order valence-electron chi connectivity index (χ0n) is 13.1. The third kappa shape index (κ3) is 3.00. The van der Waals surface area contributed by atoms with Crippen LogP contribution in [0.25, 0.3) is 11.5 Å². The van der Waals surface area contributed by atoms with Crippen molar-refractivity contribution >= 4 is 5.91 Å². The van der Waals surface area contributed by atoms with Crippen LogP contribution in [0.15, 0.2) is 34.9 Å². The molecule has 1 unspecified atom stereocenters. The molecule has 5 heteroatoms. The number of amides is 1. The number of hydrogen-bond acceptors (Lipinski definition) is 4. The van der Waals surface area contributed by atoms with E-state index in [0.29, 0.717) is 23.6 Å². The van der Waals surface area contributed by atoms with Crippen molar-refractivity contribution in [2.75, 3.05) is 13.1 Å². The number of aromatic nitrogens is 2. The predicted molar refractivity (Wildman–Crippen MR) is 85.5 cm³/mol. The molecular formula is C18H21N3O2. The van der Waals surface area contributed by atoms with Gasteiger partial charge in [0.15, 0.2) is 5.82 Å². The van der Waals surface area contributed by atoms with Gasteiger partial charge in [0, 0.05) is 31.0 Å². The standard InChI is InChI=1S/C18H21N3O2/c22-18(15-7-4-8-15)21-10-9-13(12-21)11-16-19-17(23-20-16)14-5-2-1-3-6-14/h1-3,5-6,13,15H,4,7-12H2. The number of carbonyl (C=O) groups is 1. The molecule has 5 nitrogen and oxygen atoms in total. The van der Waals surface area contributed by atoms with Gasteiger partial charge in [0.05, 0.1) is 0 Å². The Balaban J connectivity index is 1.36.